The number of anilines is 1. The molecule has 0 aliphatic rings. The molecule has 0 aliphatic carbocycles. The summed E-state index contributed by atoms with van der Waals surface area (Å²) in [6.07, 6.45) is 2.06. The largest absolute Gasteiger partial charge is 0.394 e. The van der Waals surface area contributed by atoms with E-state index < -0.39 is 29.5 Å². The Labute approximate surface area is 238 Å². The van der Waals surface area contributed by atoms with E-state index in [1.165, 1.54) is 15.7 Å². The summed E-state index contributed by atoms with van der Waals surface area (Å²) >= 11 is 1.35. The number of nitrogens with two attached hydrogens (primary N) is 1. The molecule has 212 valence electrons. The second-order valence-electron chi connectivity index (χ2n) is 10.1. The predicted molar refractivity (Wildman–Crippen MR) is 154 cm³/mol. The van der Waals surface area contributed by atoms with E-state index in [4.69, 9.17) is 5.73 Å². The van der Waals surface area contributed by atoms with Crippen molar-refractivity contribution in [2.45, 2.75) is 32.9 Å². The van der Waals surface area contributed by atoms with Gasteiger partial charge in [-0.1, -0.05) is 31.3 Å². The minimum atomic E-state index is -0.839. The summed E-state index contributed by atoms with van der Waals surface area (Å²) in [5, 5.41) is 15.9. The van der Waals surface area contributed by atoms with Gasteiger partial charge in [-0.05, 0) is 54.3 Å². The summed E-state index contributed by atoms with van der Waals surface area (Å²) in [5.74, 6) is -2.55. The van der Waals surface area contributed by atoms with Crippen LogP contribution in [0.4, 0.5) is 13.9 Å². The molecule has 0 saturated carbocycles. The molecule has 12 heteroatoms. The SMILES string of the molecule is CC(C)C[C@@H](CO)NC(=O)c1c(-c2cc(F)cc(F)c2)nc2c(C(=O)NCc3ccc4nc(N)sc4c3)cccn12. The van der Waals surface area contributed by atoms with Crippen LogP contribution in [0.3, 0.4) is 0 Å². The molecule has 0 aliphatic heterocycles. The number of fused-ring (bicyclic) bond motifs is 2. The minimum absolute atomic E-state index is 0.00405. The number of hydrogen-bond donors (Lipinski definition) is 4. The zero-order chi connectivity index (χ0) is 29.3. The highest BCUT2D eigenvalue weighted by Gasteiger charge is 2.26. The van der Waals surface area contributed by atoms with Crippen molar-refractivity contribution in [1.29, 1.82) is 0 Å². The Bertz CT molecular complexity index is 1750. The third-order valence-corrected chi connectivity index (χ3v) is 7.33. The Morgan fingerprint density at radius 3 is 2.54 bits per heavy atom. The van der Waals surface area contributed by atoms with E-state index in [1.54, 1.807) is 18.3 Å². The molecular weight excluding hydrogens is 550 g/mol. The molecule has 9 nitrogen and oxygen atoms in total. The number of carbonyl (C=O) groups is 2. The van der Waals surface area contributed by atoms with Gasteiger partial charge in [0.1, 0.15) is 23.0 Å². The summed E-state index contributed by atoms with van der Waals surface area (Å²) in [5.41, 5.74) is 7.69. The van der Waals surface area contributed by atoms with Gasteiger partial charge in [-0.3, -0.25) is 14.0 Å². The first-order chi connectivity index (χ1) is 19.6. The molecular formula is C29H28F2N6O3S. The summed E-state index contributed by atoms with van der Waals surface area (Å²) in [4.78, 5) is 35.6. The number of amides is 2. The van der Waals surface area contributed by atoms with E-state index in [0.29, 0.717) is 11.6 Å². The lowest BCUT2D eigenvalue weighted by Gasteiger charge is -2.18. The third-order valence-electron chi connectivity index (χ3n) is 6.48. The maximum absolute atomic E-state index is 14.2. The first-order valence-electron chi connectivity index (χ1n) is 12.9. The predicted octanol–water partition coefficient (Wildman–Crippen LogP) is 4.54. The molecule has 0 unspecified atom stereocenters. The highest BCUT2D eigenvalue weighted by atomic mass is 32.1. The number of nitrogen functional groups attached to an aromatic ring is 1. The van der Waals surface area contributed by atoms with Gasteiger partial charge in [-0.15, -0.1) is 0 Å². The van der Waals surface area contributed by atoms with Gasteiger partial charge in [0.2, 0.25) is 0 Å². The second-order valence-corrected chi connectivity index (χ2v) is 11.2. The Kier molecular flexibility index (Phi) is 7.95. The van der Waals surface area contributed by atoms with Crippen molar-refractivity contribution < 1.29 is 23.5 Å². The number of imidazole rings is 1. The summed E-state index contributed by atoms with van der Waals surface area (Å²) in [6, 6.07) is 11.0. The molecule has 0 bridgehead atoms. The normalized spacial score (nSPS) is 12.2. The van der Waals surface area contributed by atoms with Gasteiger partial charge >= 0.3 is 0 Å². The highest BCUT2D eigenvalue weighted by molar-refractivity contribution is 7.22. The van der Waals surface area contributed by atoms with E-state index in [2.05, 4.69) is 20.6 Å². The third kappa shape index (κ3) is 6.03. The number of aromatic nitrogens is 3. The van der Waals surface area contributed by atoms with Crippen LogP contribution < -0.4 is 16.4 Å². The zero-order valence-corrected chi connectivity index (χ0v) is 23.1. The van der Waals surface area contributed by atoms with Crippen molar-refractivity contribution in [2.75, 3.05) is 12.3 Å². The van der Waals surface area contributed by atoms with Crippen LogP contribution in [0.5, 0.6) is 0 Å². The highest BCUT2D eigenvalue weighted by Crippen LogP contribution is 2.28. The maximum atomic E-state index is 14.2. The van der Waals surface area contributed by atoms with E-state index in [-0.39, 0.29) is 47.2 Å². The number of aliphatic hydroxyl groups is 1. The lowest BCUT2D eigenvalue weighted by molar-refractivity contribution is 0.0901. The van der Waals surface area contributed by atoms with E-state index in [0.717, 1.165) is 34.0 Å². The van der Waals surface area contributed by atoms with Crippen molar-refractivity contribution in [3.05, 3.63) is 83.2 Å². The molecule has 2 aromatic carbocycles. The molecule has 0 fully saturated rings. The topological polar surface area (TPSA) is 135 Å². The average molecular weight is 579 g/mol. The first kappa shape index (κ1) is 28.1. The quantitative estimate of drug-likeness (QED) is 0.203. The van der Waals surface area contributed by atoms with Crippen LogP contribution in [-0.4, -0.2) is 43.9 Å². The summed E-state index contributed by atoms with van der Waals surface area (Å²) in [7, 11) is 0. The van der Waals surface area contributed by atoms with Crippen molar-refractivity contribution >= 4 is 44.1 Å². The van der Waals surface area contributed by atoms with Crippen LogP contribution in [0.25, 0.3) is 27.1 Å². The Morgan fingerprint density at radius 1 is 1.07 bits per heavy atom. The van der Waals surface area contributed by atoms with Gasteiger partial charge < -0.3 is 21.5 Å². The van der Waals surface area contributed by atoms with Crippen molar-refractivity contribution in [3.63, 3.8) is 0 Å². The summed E-state index contributed by atoms with van der Waals surface area (Å²) < 4.78 is 30.7. The Balaban J connectivity index is 1.52. The van der Waals surface area contributed by atoms with Crippen LogP contribution >= 0.6 is 11.3 Å². The molecule has 5 rings (SSSR count). The molecule has 5 N–H and O–H groups in total. The van der Waals surface area contributed by atoms with Gasteiger partial charge in [0, 0.05) is 24.4 Å². The molecule has 0 saturated heterocycles. The Morgan fingerprint density at radius 2 is 1.83 bits per heavy atom. The Hall–Kier alpha value is -4.42. The van der Waals surface area contributed by atoms with Gasteiger partial charge in [-0.25, -0.2) is 18.7 Å². The number of nitrogens with zero attached hydrogens (tertiary/aromatic N) is 3. The van der Waals surface area contributed by atoms with Gasteiger partial charge in [0.05, 0.1) is 28.4 Å². The van der Waals surface area contributed by atoms with Crippen LogP contribution in [0.2, 0.25) is 0 Å². The lowest BCUT2D eigenvalue weighted by atomic mass is 10.0. The van der Waals surface area contributed by atoms with Crippen molar-refractivity contribution in [3.8, 4) is 11.3 Å². The minimum Gasteiger partial charge on any atom is -0.394 e. The molecule has 3 heterocycles. The second kappa shape index (κ2) is 11.6. The number of thiazole rings is 1. The van der Waals surface area contributed by atoms with Crippen LogP contribution in [0.1, 0.15) is 46.7 Å². The molecule has 2 amide bonds. The van der Waals surface area contributed by atoms with Gasteiger partial charge in [0.15, 0.2) is 10.8 Å². The number of rotatable bonds is 9. The van der Waals surface area contributed by atoms with Gasteiger partial charge in [-0.2, -0.15) is 0 Å². The molecule has 3 aromatic heterocycles. The number of pyridine rings is 1. The van der Waals surface area contributed by atoms with Crippen LogP contribution in [-0.2, 0) is 6.54 Å². The number of halogens is 2. The van der Waals surface area contributed by atoms with E-state index >= 15 is 0 Å². The zero-order valence-electron chi connectivity index (χ0n) is 22.3. The number of carbonyl (C=O) groups excluding carboxylic acids is 2. The van der Waals surface area contributed by atoms with Crippen LogP contribution in [0.15, 0.2) is 54.7 Å². The molecule has 41 heavy (non-hydrogen) atoms. The molecule has 1 atom stereocenters. The first-order valence-corrected chi connectivity index (χ1v) is 13.8. The lowest BCUT2D eigenvalue weighted by Crippen LogP contribution is -2.39. The van der Waals surface area contributed by atoms with Crippen molar-refractivity contribution in [1.82, 2.24) is 25.0 Å². The molecule has 5 aromatic rings. The smallest absolute Gasteiger partial charge is 0.270 e. The fraction of sp³-hybridized carbons (Fsp3) is 0.241. The van der Waals surface area contributed by atoms with E-state index in [9.17, 15) is 23.5 Å². The van der Waals surface area contributed by atoms with E-state index in [1.807, 2.05) is 32.0 Å². The van der Waals surface area contributed by atoms with Crippen molar-refractivity contribution in [2.24, 2.45) is 5.92 Å². The number of hydrogen-bond acceptors (Lipinski definition) is 7. The van der Waals surface area contributed by atoms with Crippen LogP contribution in [0, 0.1) is 17.6 Å². The monoisotopic (exact) mass is 578 g/mol. The summed E-state index contributed by atoms with van der Waals surface area (Å²) in [6.45, 7) is 3.83. The standard InChI is InChI=1S/C29H28F2N6O3S/c1-15(2)8-20(14-38)34-28(40)25-24(17-10-18(30)12-19(31)11-17)36-26-21(4-3-7-37(25)26)27(39)33-13-16-5-6-22-23(9-16)41-29(32)35-22/h3-7,9-12,15,20,38H,8,13-14H2,1-2H3,(H2,32,35)(H,33,39)(H,34,40)/t20-/m0/s1. The maximum Gasteiger partial charge on any atom is 0.270 e. The number of aliphatic hydroxyl groups excluding tert-OH is 1. The number of nitrogens with one attached hydrogen (secondary N) is 2. The fourth-order valence-electron chi connectivity index (χ4n) is 4.73. The van der Waals surface area contributed by atoms with Gasteiger partial charge in [0.25, 0.3) is 11.8 Å². The molecule has 0 radical (unpaired) electrons. The number of benzene rings is 2. The fourth-order valence-corrected chi connectivity index (χ4v) is 5.53. The molecule has 0 spiro atoms. The average Bonchev–Trinajstić information content (AvgIpc) is 3.49.